The summed E-state index contributed by atoms with van der Waals surface area (Å²) in [6.07, 6.45) is 9.12. The van der Waals surface area contributed by atoms with E-state index in [4.69, 9.17) is 9.84 Å². The molecule has 2 aromatic carbocycles. The Morgan fingerprint density at radius 1 is 1.08 bits per heavy atom. The number of methoxy groups -OCH3 is 1. The predicted molar refractivity (Wildman–Crippen MR) is 129 cm³/mol. The predicted octanol–water partition coefficient (Wildman–Crippen LogP) is 4.65. The first kappa shape index (κ1) is 23.7. The van der Waals surface area contributed by atoms with E-state index in [0.717, 1.165) is 59.8 Å². The van der Waals surface area contributed by atoms with Crippen LogP contribution in [0.3, 0.4) is 0 Å². The topological polar surface area (TPSA) is 102 Å². The summed E-state index contributed by atoms with van der Waals surface area (Å²) >= 11 is 0. The van der Waals surface area contributed by atoms with Gasteiger partial charge in [0.2, 0.25) is 0 Å². The SMILES string of the molecule is COc1ncc(-c2ccc3cn([C@H]4CC[C@H](CNC(=O)c5cc(F)c(O)c(F)c5)CC4)nc3c2)cn1. The van der Waals surface area contributed by atoms with Crippen molar-refractivity contribution in [1.82, 2.24) is 25.1 Å². The Morgan fingerprint density at radius 3 is 2.44 bits per heavy atom. The molecule has 0 bridgehead atoms. The third-order valence-corrected chi connectivity index (χ3v) is 6.69. The van der Waals surface area contributed by atoms with Crippen LogP contribution >= 0.6 is 0 Å². The Hall–Kier alpha value is -4.08. The summed E-state index contributed by atoms with van der Waals surface area (Å²) in [7, 11) is 1.53. The number of nitrogens with one attached hydrogen (secondary N) is 1. The molecule has 2 aromatic heterocycles. The van der Waals surface area contributed by atoms with Crippen molar-refractivity contribution in [1.29, 1.82) is 0 Å². The number of amides is 1. The Labute approximate surface area is 206 Å². The van der Waals surface area contributed by atoms with Gasteiger partial charge in [0, 0.05) is 41.6 Å². The highest BCUT2D eigenvalue weighted by atomic mass is 19.1. The Morgan fingerprint density at radius 2 is 1.78 bits per heavy atom. The molecule has 1 saturated carbocycles. The quantitative estimate of drug-likeness (QED) is 0.406. The maximum atomic E-state index is 13.5. The molecule has 10 heteroatoms. The number of carbonyl (C=O) groups excluding carboxylic acids is 1. The minimum Gasteiger partial charge on any atom is -0.503 e. The van der Waals surface area contributed by atoms with E-state index in [1.807, 2.05) is 22.9 Å². The molecule has 0 spiro atoms. The van der Waals surface area contributed by atoms with Gasteiger partial charge < -0.3 is 15.2 Å². The summed E-state index contributed by atoms with van der Waals surface area (Å²) in [4.78, 5) is 20.6. The summed E-state index contributed by atoms with van der Waals surface area (Å²) < 4.78 is 34.1. The van der Waals surface area contributed by atoms with Gasteiger partial charge in [-0.1, -0.05) is 12.1 Å². The number of fused-ring (bicyclic) bond motifs is 1. The molecule has 0 radical (unpaired) electrons. The van der Waals surface area contributed by atoms with Gasteiger partial charge in [-0.25, -0.2) is 18.7 Å². The molecule has 186 valence electrons. The zero-order chi connectivity index (χ0) is 25.2. The van der Waals surface area contributed by atoms with Crippen LogP contribution in [-0.2, 0) is 0 Å². The van der Waals surface area contributed by atoms with E-state index in [1.54, 1.807) is 12.4 Å². The van der Waals surface area contributed by atoms with Gasteiger partial charge in [-0.15, -0.1) is 0 Å². The molecule has 0 aliphatic heterocycles. The molecular weight excluding hydrogens is 468 g/mol. The van der Waals surface area contributed by atoms with Gasteiger partial charge in [-0.3, -0.25) is 9.48 Å². The molecule has 36 heavy (non-hydrogen) atoms. The van der Waals surface area contributed by atoms with Gasteiger partial charge in [0.1, 0.15) is 0 Å². The van der Waals surface area contributed by atoms with E-state index >= 15 is 0 Å². The summed E-state index contributed by atoms with van der Waals surface area (Å²) in [5.74, 6) is -3.69. The molecule has 4 aromatic rings. The van der Waals surface area contributed by atoms with Crippen LogP contribution in [0.5, 0.6) is 11.8 Å². The van der Waals surface area contributed by atoms with Crippen LogP contribution in [0.15, 0.2) is 48.9 Å². The second-order valence-corrected chi connectivity index (χ2v) is 9.01. The van der Waals surface area contributed by atoms with Crippen molar-refractivity contribution in [3.05, 3.63) is 66.1 Å². The number of phenols is 1. The monoisotopic (exact) mass is 493 g/mol. The first-order valence-electron chi connectivity index (χ1n) is 11.7. The zero-order valence-electron chi connectivity index (χ0n) is 19.6. The molecule has 1 amide bonds. The Kier molecular flexibility index (Phi) is 6.49. The maximum Gasteiger partial charge on any atom is 0.316 e. The van der Waals surface area contributed by atoms with Crippen LogP contribution in [0.2, 0.25) is 0 Å². The van der Waals surface area contributed by atoms with Crippen molar-refractivity contribution in [2.75, 3.05) is 13.7 Å². The van der Waals surface area contributed by atoms with Crippen LogP contribution in [-0.4, -0.2) is 44.4 Å². The highest BCUT2D eigenvalue weighted by Crippen LogP contribution is 2.33. The van der Waals surface area contributed by atoms with Crippen molar-refractivity contribution in [3.8, 4) is 22.9 Å². The molecule has 1 aliphatic rings. The number of benzene rings is 2. The first-order valence-corrected chi connectivity index (χ1v) is 11.7. The third-order valence-electron chi connectivity index (χ3n) is 6.69. The van der Waals surface area contributed by atoms with E-state index in [1.165, 1.54) is 7.11 Å². The number of aromatic nitrogens is 4. The Bertz CT molecular complexity index is 1380. The van der Waals surface area contributed by atoms with Gasteiger partial charge in [0.25, 0.3) is 5.91 Å². The van der Waals surface area contributed by atoms with Gasteiger partial charge in [-0.2, -0.15) is 5.10 Å². The van der Waals surface area contributed by atoms with E-state index in [0.29, 0.717) is 12.6 Å². The highest BCUT2D eigenvalue weighted by molar-refractivity contribution is 5.94. The fourth-order valence-electron chi connectivity index (χ4n) is 4.62. The van der Waals surface area contributed by atoms with E-state index < -0.39 is 23.3 Å². The number of phenolic OH excluding ortho intramolecular Hbond substituents is 1. The van der Waals surface area contributed by atoms with Crippen molar-refractivity contribution >= 4 is 16.8 Å². The lowest BCUT2D eigenvalue weighted by Gasteiger charge is -2.28. The third kappa shape index (κ3) is 4.84. The van der Waals surface area contributed by atoms with Crippen LogP contribution in [0, 0.1) is 17.6 Å². The minimum absolute atomic E-state index is 0.153. The average molecular weight is 494 g/mol. The highest BCUT2D eigenvalue weighted by Gasteiger charge is 2.24. The van der Waals surface area contributed by atoms with Crippen LogP contribution in [0.25, 0.3) is 22.0 Å². The lowest BCUT2D eigenvalue weighted by molar-refractivity contribution is 0.0940. The second-order valence-electron chi connectivity index (χ2n) is 9.01. The Balaban J connectivity index is 1.18. The normalized spacial score (nSPS) is 17.8. The summed E-state index contributed by atoms with van der Waals surface area (Å²) in [6.45, 7) is 0.421. The smallest absolute Gasteiger partial charge is 0.316 e. The number of ether oxygens (including phenoxy) is 1. The molecule has 2 heterocycles. The number of carbonyl (C=O) groups is 1. The number of nitrogens with zero attached hydrogens (tertiary/aromatic N) is 4. The lowest BCUT2D eigenvalue weighted by Crippen LogP contribution is -2.31. The number of rotatable bonds is 6. The van der Waals surface area contributed by atoms with Crippen LogP contribution in [0.1, 0.15) is 42.1 Å². The van der Waals surface area contributed by atoms with Gasteiger partial charge in [-0.05, 0) is 55.4 Å². The standard InChI is InChI=1S/C26H25F2N5O3/c1-36-26-30-12-19(13-31-26)16-4-5-17-14-33(32-23(17)10-16)20-6-2-15(3-7-20)11-29-25(35)18-8-21(27)24(34)22(28)9-18/h4-5,8-10,12-15,20,34H,2-3,6-7,11H2,1H3,(H,29,35)/t15-,20-. The number of hydrogen-bond acceptors (Lipinski definition) is 6. The zero-order valence-corrected chi connectivity index (χ0v) is 19.6. The van der Waals surface area contributed by atoms with Crippen molar-refractivity contribution in [2.45, 2.75) is 31.7 Å². The molecule has 2 N–H and O–H groups in total. The average Bonchev–Trinajstić information content (AvgIpc) is 3.34. The largest absolute Gasteiger partial charge is 0.503 e. The fraction of sp³-hybridized carbons (Fsp3) is 0.308. The van der Waals surface area contributed by atoms with Crippen LogP contribution < -0.4 is 10.1 Å². The number of halogens is 2. The van der Waals surface area contributed by atoms with E-state index in [9.17, 15) is 18.7 Å². The molecule has 1 aliphatic carbocycles. The molecule has 0 saturated heterocycles. The molecule has 0 atom stereocenters. The molecule has 0 unspecified atom stereocenters. The number of hydrogen-bond donors (Lipinski definition) is 2. The molecule has 1 fully saturated rings. The van der Waals surface area contributed by atoms with Crippen molar-refractivity contribution in [2.24, 2.45) is 5.92 Å². The van der Waals surface area contributed by atoms with E-state index in [-0.39, 0.29) is 17.5 Å². The maximum absolute atomic E-state index is 13.5. The lowest BCUT2D eigenvalue weighted by atomic mass is 9.86. The van der Waals surface area contributed by atoms with E-state index in [2.05, 4.69) is 21.5 Å². The molecular formula is C26H25F2N5O3. The number of aromatic hydroxyl groups is 1. The van der Waals surface area contributed by atoms with Gasteiger partial charge in [0.05, 0.1) is 18.7 Å². The first-order chi connectivity index (χ1) is 17.4. The second kappa shape index (κ2) is 9.88. The fourth-order valence-corrected chi connectivity index (χ4v) is 4.62. The molecule has 5 rings (SSSR count). The molecule has 8 nitrogen and oxygen atoms in total. The minimum atomic E-state index is -1.16. The van der Waals surface area contributed by atoms with Crippen molar-refractivity contribution < 1.29 is 23.4 Å². The summed E-state index contributed by atoms with van der Waals surface area (Å²) in [5, 5.41) is 17.8. The van der Waals surface area contributed by atoms with Gasteiger partial charge in [0.15, 0.2) is 17.4 Å². The van der Waals surface area contributed by atoms with Crippen molar-refractivity contribution in [3.63, 3.8) is 0 Å². The van der Waals surface area contributed by atoms with Gasteiger partial charge >= 0.3 is 6.01 Å². The van der Waals surface area contributed by atoms with Crippen LogP contribution in [0.4, 0.5) is 8.78 Å². The summed E-state index contributed by atoms with van der Waals surface area (Å²) in [5.41, 5.74) is 2.60. The summed E-state index contributed by atoms with van der Waals surface area (Å²) in [6, 6.07) is 8.33.